The number of anilines is 2. The molecule has 1 aliphatic rings. The van der Waals surface area contributed by atoms with E-state index in [1.807, 2.05) is 13.0 Å². The molecule has 15 heavy (non-hydrogen) atoms. The molecule has 1 saturated carbocycles. The van der Waals surface area contributed by atoms with Crippen molar-refractivity contribution in [2.45, 2.75) is 26.7 Å². The van der Waals surface area contributed by atoms with Gasteiger partial charge >= 0.3 is 0 Å². The van der Waals surface area contributed by atoms with Crippen LogP contribution in [0.1, 0.15) is 25.3 Å². The Kier molecular flexibility index (Phi) is 2.85. The SMILES string of the molecule is Cc1cccc(NCC(C)C2CC2)c1N. The maximum atomic E-state index is 6.00. The lowest BCUT2D eigenvalue weighted by molar-refractivity contribution is 0.537. The Morgan fingerprint density at radius 3 is 2.87 bits per heavy atom. The van der Waals surface area contributed by atoms with Crippen LogP contribution in [0, 0.1) is 18.8 Å². The van der Waals surface area contributed by atoms with Crippen molar-refractivity contribution in [1.29, 1.82) is 0 Å². The van der Waals surface area contributed by atoms with Gasteiger partial charge in [-0.2, -0.15) is 0 Å². The summed E-state index contributed by atoms with van der Waals surface area (Å²) in [6, 6.07) is 6.16. The number of rotatable bonds is 4. The van der Waals surface area contributed by atoms with Crippen LogP contribution < -0.4 is 11.1 Å². The number of hydrogen-bond acceptors (Lipinski definition) is 2. The number of para-hydroxylation sites is 1. The molecule has 0 aliphatic heterocycles. The summed E-state index contributed by atoms with van der Waals surface area (Å²) in [5.41, 5.74) is 9.12. The number of aryl methyl sites for hydroxylation is 1. The van der Waals surface area contributed by atoms with Gasteiger partial charge in [0.2, 0.25) is 0 Å². The van der Waals surface area contributed by atoms with E-state index < -0.39 is 0 Å². The predicted molar refractivity (Wildman–Crippen MR) is 66.0 cm³/mol. The van der Waals surface area contributed by atoms with Crippen LogP contribution in [0.4, 0.5) is 11.4 Å². The second-order valence-electron chi connectivity index (χ2n) is 4.73. The molecule has 0 radical (unpaired) electrons. The highest BCUT2D eigenvalue weighted by atomic mass is 14.9. The normalized spacial score (nSPS) is 17.5. The lowest BCUT2D eigenvalue weighted by Crippen LogP contribution is -2.14. The first kappa shape index (κ1) is 10.3. The molecule has 1 aromatic carbocycles. The monoisotopic (exact) mass is 204 g/mol. The number of nitrogen functional groups attached to an aromatic ring is 1. The van der Waals surface area contributed by atoms with Crippen molar-refractivity contribution in [2.24, 2.45) is 11.8 Å². The van der Waals surface area contributed by atoms with Crippen LogP contribution in [0.5, 0.6) is 0 Å². The van der Waals surface area contributed by atoms with Crippen molar-refractivity contribution >= 4 is 11.4 Å². The number of nitrogens with one attached hydrogen (secondary N) is 1. The average Bonchev–Trinajstić information content (AvgIpc) is 3.03. The van der Waals surface area contributed by atoms with Gasteiger partial charge in [-0.1, -0.05) is 19.1 Å². The van der Waals surface area contributed by atoms with Crippen molar-refractivity contribution in [3.63, 3.8) is 0 Å². The van der Waals surface area contributed by atoms with Crippen molar-refractivity contribution < 1.29 is 0 Å². The number of hydrogen-bond donors (Lipinski definition) is 2. The summed E-state index contributed by atoms with van der Waals surface area (Å²) in [5, 5.41) is 3.45. The number of benzene rings is 1. The van der Waals surface area contributed by atoms with Gasteiger partial charge in [0.05, 0.1) is 11.4 Å². The van der Waals surface area contributed by atoms with E-state index in [0.717, 1.165) is 35.3 Å². The largest absolute Gasteiger partial charge is 0.397 e. The molecule has 0 amide bonds. The summed E-state index contributed by atoms with van der Waals surface area (Å²) in [7, 11) is 0. The van der Waals surface area contributed by atoms with E-state index >= 15 is 0 Å². The van der Waals surface area contributed by atoms with Crippen LogP contribution >= 0.6 is 0 Å². The van der Waals surface area contributed by atoms with Crippen molar-refractivity contribution in [1.82, 2.24) is 0 Å². The lowest BCUT2D eigenvalue weighted by atomic mass is 10.1. The summed E-state index contributed by atoms with van der Waals surface area (Å²) in [5.74, 6) is 1.72. The first-order valence-electron chi connectivity index (χ1n) is 5.77. The third-order valence-electron chi connectivity index (χ3n) is 3.37. The summed E-state index contributed by atoms with van der Waals surface area (Å²) < 4.78 is 0. The molecule has 82 valence electrons. The molecule has 0 aromatic heterocycles. The smallest absolute Gasteiger partial charge is 0.0579 e. The maximum absolute atomic E-state index is 6.00. The molecule has 0 heterocycles. The van der Waals surface area contributed by atoms with E-state index in [4.69, 9.17) is 5.73 Å². The van der Waals surface area contributed by atoms with Crippen LogP contribution in [-0.4, -0.2) is 6.54 Å². The minimum Gasteiger partial charge on any atom is -0.397 e. The topological polar surface area (TPSA) is 38.0 Å². The van der Waals surface area contributed by atoms with Crippen LogP contribution in [0.2, 0.25) is 0 Å². The molecule has 2 heteroatoms. The van der Waals surface area contributed by atoms with Gasteiger partial charge in [0.25, 0.3) is 0 Å². The molecule has 0 saturated heterocycles. The Labute approximate surface area is 91.9 Å². The van der Waals surface area contributed by atoms with Gasteiger partial charge in [-0.3, -0.25) is 0 Å². The standard InChI is InChI=1S/C13H20N2/c1-9-4-3-5-12(13(9)14)15-8-10(2)11-6-7-11/h3-5,10-11,15H,6-8,14H2,1-2H3. The molecular formula is C13H20N2. The summed E-state index contributed by atoms with van der Waals surface area (Å²) in [6.45, 7) is 5.40. The van der Waals surface area contributed by atoms with Gasteiger partial charge in [-0.25, -0.2) is 0 Å². The molecule has 1 unspecified atom stereocenters. The fourth-order valence-electron chi connectivity index (χ4n) is 1.94. The van der Waals surface area contributed by atoms with Crippen molar-refractivity contribution in [3.8, 4) is 0 Å². The van der Waals surface area contributed by atoms with Crippen LogP contribution in [0.25, 0.3) is 0 Å². The van der Waals surface area contributed by atoms with Crippen molar-refractivity contribution in [3.05, 3.63) is 23.8 Å². The van der Waals surface area contributed by atoms with Crippen molar-refractivity contribution in [2.75, 3.05) is 17.6 Å². The van der Waals surface area contributed by atoms with E-state index in [-0.39, 0.29) is 0 Å². The van der Waals surface area contributed by atoms with Gasteiger partial charge in [-0.05, 0) is 43.2 Å². The summed E-state index contributed by atoms with van der Waals surface area (Å²) >= 11 is 0. The van der Waals surface area contributed by atoms with Gasteiger partial charge in [0, 0.05) is 6.54 Å². The quantitative estimate of drug-likeness (QED) is 0.740. The third kappa shape index (κ3) is 2.44. The Morgan fingerprint density at radius 1 is 1.47 bits per heavy atom. The molecular weight excluding hydrogens is 184 g/mol. The minimum absolute atomic E-state index is 0.768. The summed E-state index contributed by atoms with van der Waals surface area (Å²) in [4.78, 5) is 0. The molecule has 1 aromatic rings. The first-order valence-corrected chi connectivity index (χ1v) is 5.77. The highest BCUT2D eigenvalue weighted by molar-refractivity contribution is 5.69. The maximum Gasteiger partial charge on any atom is 0.0579 e. The Balaban J connectivity index is 1.95. The molecule has 2 rings (SSSR count). The van der Waals surface area contributed by atoms with E-state index in [1.165, 1.54) is 12.8 Å². The molecule has 1 aliphatic carbocycles. The molecule has 0 spiro atoms. The second kappa shape index (κ2) is 4.13. The molecule has 1 fully saturated rings. The highest BCUT2D eigenvalue weighted by Crippen LogP contribution is 2.36. The minimum atomic E-state index is 0.768. The van der Waals surface area contributed by atoms with E-state index in [1.54, 1.807) is 0 Å². The average molecular weight is 204 g/mol. The van der Waals surface area contributed by atoms with Gasteiger partial charge < -0.3 is 11.1 Å². The predicted octanol–water partition coefficient (Wildman–Crippen LogP) is 3.04. The fourth-order valence-corrected chi connectivity index (χ4v) is 1.94. The Bertz CT molecular complexity index is 342. The van der Waals surface area contributed by atoms with Crippen LogP contribution in [0.3, 0.4) is 0 Å². The second-order valence-corrected chi connectivity index (χ2v) is 4.73. The summed E-state index contributed by atoms with van der Waals surface area (Å²) in [6.07, 6.45) is 2.82. The first-order chi connectivity index (χ1) is 7.18. The molecule has 3 N–H and O–H groups in total. The highest BCUT2D eigenvalue weighted by Gasteiger charge is 2.27. The molecule has 2 nitrogen and oxygen atoms in total. The van der Waals surface area contributed by atoms with Gasteiger partial charge in [-0.15, -0.1) is 0 Å². The van der Waals surface area contributed by atoms with Crippen LogP contribution in [-0.2, 0) is 0 Å². The zero-order chi connectivity index (χ0) is 10.8. The van der Waals surface area contributed by atoms with Gasteiger partial charge in [0.1, 0.15) is 0 Å². The molecule has 0 bridgehead atoms. The number of nitrogens with two attached hydrogens (primary N) is 1. The Morgan fingerprint density at radius 2 is 2.20 bits per heavy atom. The van der Waals surface area contributed by atoms with Crippen LogP contribution in [0.15, 0.2) is 18.2 Å². The van der Waals surface area contributed by atoms with Gasteiger partial charge in [0.15, 0.2) is 0 Å². The van der Waals surface area contributed by atoms with E-state index in [2.05, 4.69) is 24.4 Å². The Hall–Kier alpha value is -1.18. The molecule has 1 atom stereocenters. The van der Waals surface area contributed by atoms with E-state index in [9.17, 15) is 0 Å². The van der Waals surface area contributed by atoms with E-state index in [0.29, 0.717) is 0 Å². The lowest BCUT2D eigenvalue weighted by Gasteiger charge is -2.15. The third-order valence-corrected chi connectivity index (χ3v) is 3.37. The zero-order valence-corrected chi connectivity index (χ0v) is 9.59. The zero-order valence-electron chi connectivity index (χ0n) is 9.59. The fraction of sp³-hybridized carbons (Fsp3) is 0.538.